The van der Waals surface area contributed by atoms with Crippen LogP contribution in [0.1, 0.15) is 49.6 Å². The average Bonchev–Trinajstić information content (AvgIpc) is 2.75. The Balaban J connectivity index is 1.84. The van der Waals surface area contributed by atoms with Gasteiger partial charge in [-0.05, 0) is 36.6 Å². The van der Waals surface area contributed by atoms with Crippen LogP contribution < -0.4 is 10.9 Å². The zero-order valence-corrected chi connectivity index (χ0v) is 18.4. The van der Waals surface area contributed by atoms with E-state index < -0.39 is 23.3 Å². The van der Waals surface area contributed by atoms with Crippen LogP contribution in [0, 0.1) is 0 Å². The van der Waals surface area contributed by atoms with E-state index in [4.69, 9.17) is 11.6 Å². The second-order valence-corrected chi connectivity index (χ2v) is 8.46. The van der Waals surface area contributed by atoms with E-state index >= 15 is 0 Å². The summed E-state index contributed by atoms with van der Waals surface area (Å²) in [5, 5.41) is 3.96. The molecule has 33 heavy (non-hydrogen) atoms. The van der Waals surface area contributed by atoms with E-state index in [0.29, 0.717) is 33.9 Å². The van der Waals surface area contributed by atoms with Gasteiger partial charge in [0.25, 0.3) is 5.56 Å². The molecule has 3 aromatic heterocycles. The van der Waals surface area contributed by atoms with Crippen LogP contribution in [0.5, 0.6) is 0 Å². The van der Waals surface area contributed by atoms with Crippen LogP contribution in [0.25, 0.3) is 16.5 Å². The number of allylic oxidation sites excluding steroid dienone is 4. The van der Waals surface area contributed by atoms with Crippen molar-refractivity contribution in [3.05, 3.63) is 74.8 Å². The van der Waals surface area contributed by atoms with Gasteiger partial charge >= 0.3 is 6.18 Å². The molecule has 0 spiro atoms. The van der Waals surface area contributed by atoms with E-state index in [1.807, 2.05) is 13.8 Å². The van der Waals surface area contributed by atoms with Gasteiger partial charge in [0.2, 0.25) is 0 Å². The number of nitrogens with one attached hydrogen (secondary N) is 2. The Morgan fingerprint density at radius 1 is 1.15 bits per heavy atom. The van der Waals surface area contributed by atoms with Gasteiger partial charge in [-0.1, -0.05) is 25.4 Å². The molecule has 1 aliphatic rings. The molecule has 0 aliphatic heterocycles. The summed E-state index contributed by atoms with van der Waals surface area (Å²) in [4.78, 5) is 23.1. The van der Waals surface area contributed by atoms with Crippen molar-refractivity contribution >= 4 is 39.5 Å². The molecular weight excluding hydrogens is 460 g/mol. The average molecular weight is 479 g/mol. The lowest BCUT2D eigenvalue weighted by atomic mass is 9.97. The predicted molar refractivity (Wildman–Crippen MR) is 120 cm³/mol. The van der Waals surface area contributed by atoms with Crippen LogP contribution in [0.4, 0.5) is 28.9 Å². The van der Waals surface area contributed by atoms with Crippen LogP contribution in [-0.2, 0) is 6.18 Å². The van der Waals surface area contributed by atoms with Gasteiger partial charge in [0.05, 0.1) is 22.5 Å². The molecule has 0 atom stereocenters. The van der Waals surface area contributed by atoms with Crippen molar-refractivity contribution in [2.24, 2.45) is 0 Å². The van der Waals surface area contributed by atoms with Gasteiger partial charge in [-0.2, -0.15) is 13.2 Å². The SMILES string of the molecule is CC(C)c1[nH]c(=O)c(C2=C(F)CCC(Cl)=C2)cc1Nc1ccnc2cc(C(F)(F)F)ncc12. The monoisotopic (exact) mass is 478 g/mol. The fraction of sp³-hybridized carbons (Fsp3) is 0.261. The Kier molecular flexibility index (Phi) is 6.00. The first-order valence-corrected chi connectivity index (χ1v) is 10.5. The summed E-state index contributed by atoms with van der Waals surface area (Å²) in [5.74, 6) is -0.548. The van der Waals surface area contributed by atoms with Gasteiger partial charge in [-0.3, -0.25) is 14.8 Å². The first-order valence-electron chi connectivity index (χ1n) is 10.2. The largest absolute Gasteiger partial charge is 0.433 e. The lowest BCUT2D eigenvalue weighted by Crippen LogP contribution is -2.17. The zero-order chi connectivity index (χ0) is 23.9. The summed E-state index contributed by atoms with van der Waals surface area (Å²) in [6.45, 7) is 3.74. The number of pyridine rings is 3. The van der Waals surface area contributed by atoms with Gasteiger partial charge < -0.3 is 10.3 Å². The molecule has 5 nitrogen and oxygen atoms in total. The van der Waals surface area contributed by atoms with Gasteiger partial charge in [0.1, 0.15) is 11.5 Å². The van der Waals surface area contributed by atoms with Crippen LogP contribution >= 0.6 is 11.6 Å². The zero-order valence-electron chi connectivity index (χ0n) is 17.6. The van der Waals surface area contributed by atoms with Crippen molar-refractivity contribution in [1.29, 1.82) is 0 Å². The highest BCUT2D eigenvalue weighted by Crippen LogP contribution is 2.36. The first kappa shape index (κ1) is 23.0. The van der Waals surface area contributed by atoms with E-state index in [1.54, 1.807) is 6.07 Å². The first-order chi connectivity index (χ1) is 15.5. The molecule has 4 rings (SSSR count). The van der Waals surface area contributed by atoms with E-state index in [1.165, 1.54) is 18.3 Å². The van der Waals surface area contributed by atoms with Gasteiger partial charge in [0, 0.05) is 40.5 Å². The molecule has 0 saturated heterocycles. The highest BCUT2D eigenvalue weighted by Gasteiger charge is 2.32. The summed E-state index contributed by atoms with van der Waals surface area (Å²) in [6, 6.07) is 3.99. The van der Waals surface area contributed by atoms with Crippen LogP contribution in [0.15, 0.2) is 52.3 Å². The molecule has 0 aromatic carbocycles. The Morgan fingerprint density at radius 2 is 1.91 bits per heavy atom. The van der Waals surface area contributed by atoms with Crippen molar-refractivity contribution in [2.45, 2.75) is 38.8 Å². The van der Waals surface area contributed by atoms with Gasteiger partial charge in [-0.25, -0.2) is 4.39 Å². The number of nitrogens with zero attached hydrogens (tertiary/aromatic N) is 2. The third-order valence-corrected chi connectivity index (χ3v) is 5.60. The molecule has 172 valence electrons. The Labute approximate surface area is 191 Å². The second kappa shape index (κ2) is 8.62. The quantitative estimate of drug-likeness (QED) is 0.404. The van der Waals surface area contributed by atoms with E-state index in [0.717, 1.165) is 12.3 Å². The summed E-state index contributed by atoms with van der Waals surface area (Å²) >= 11 is 6.08. The number of anilines is 2. The number of aromatic amines is 1. The van der Waals surface area contributed by atoms with E-state index in [2.05, 4.69) is 20.3 Å². The number of aromatic nitrogens is 3. The van der Waals surface area contributed by atoms with Crippen molar-refractivity contribution in [3.63, 3.8) is 0 Å². The third-order valence-electron chi connectivity index (χ3n) is 5.30. The van der Waals surface area contributed by atoms with Crippen molar-refractivity contribution < 1.29 is 17.6 Å². The topological polar surface area (TPSA) is 70.7 Å². The fourth-order valence-corrected chi connectivity index (χ4v) is 3.85. The fourth-order valence-electron chi connectivity index (χ4n) is 3.65. The maximum atomic E-state index is 14.5. The maximum absolute atomic E-state index is 14.5. The molecule has 3 heterocycles. The van der Waals surface area contributed by atoms with Crippen LogP contribution in [0.2, 0.25) is 0 Å². The number of rotatable bonds is 4. The molecule has 0 fully saturated rings. The highest BCUT2D eigenvalue weighted by molar-refractivity contribution is 6.30. The molecule has 0 unspecified atom stereocenters. The van der Waals surface area contributed by atoms with E-state index in [-0.39, 0.29) is 29.0 Å². The van der Waals surface area contributed by atoms with E-state index in [9.17, 15) is 22.4 Å². The molecule has 1 aliphatic carbocycles. The van der Waals surface area contributed by atoms with Crippen LogP contribution in [-0.4, -0.2) is 15.0 Å². The lowest BCUT2D eigenvalue weighted by Gasteiger charge is -2.18. The second-order valence-electron chi connectivity index (χ2n) is 7.97. The molecule has 10 heteroatoms. The summed E-state index contributed by atoms with van der Waals surface area (Å²) in [7, 11) is 0. The number of halogens is 5. The lowest BCUT2D eigenvalue weighted by molar-refractivity contribution is -0.141. The highest BCUT2D eigenvalue weighted by atomic mass is 35.5. The summed E-state index contributed by atoms with van der Waals surface area (Å²) in [6.07, 6.45) is -0.223. The van der Waals surface area contributed by atoms with Crippen molar-refractivity contribution in [1.82, 2.24) is 15.0 Å². The number of H-pyrrole nitrogens is 1. The number of fused-ring (bicyclic) bond motifs is 1. The Morgan fingerprint density at radius 3 is 2.61 bits per heavy atom. The third kappa shape index (κ3) is 4.64. The molecule has 0 saturated carbocycles. The van der Waals surface area contributed by atoms with Gasteiger partial charge in [0.15, 0.2) is 0 Å². The smallest absolute Gasteiger partial charge is 0.353 e. The molecule has 3 aromatic rings. The number of hydrogen-bond acceptors (Lipinski definition) is 4. The molecule has 0 bridgehead atoms. The standard InChI is InChI=1S/C23H19ClF4N4O/c1-11(2)21-19(8-14(22(33)32-21)13-7-12(24)3-4-16(13)25)31-17-5-6-29-18-9-20(23(26,27)28)30-10-15(17)18/h5-11H,3-4H2,1-2H3,(H,29,31)(H,32,33). The summed E-state index contributed by atoms with van der Waals surface area (Å²) < 4.78 is 53.6. The van der Waals surface area contributed by atoms with Gasteiger partial charge in [-0.15, -0.1) is 0 Å². The predicted octanol–water partition coefficient (Wildman–Crippen LogP) is 6.80. The van der Waals surface area contributed by atoms with Crippen LogP contribution in [0.3, 0.4) is 0 Å². The minimum absolute atomic E-state index is 0.0982. The Bertz CT molecular complexity index is 1360. The normalized spacial score (nSPS) is 14.7. The molecule has 0 amide bonds. The number of alkyl halides is 3. The minimum atomic E-state index is -4.59. The summed E-state index contributed by atoms with van der Waals surface area (Å²) in [5.41, 5.74) is 0.282. The molecule has 0 radical (unpaired) electrons. The Hall–Kier alpha value is -3.20. The van der Waals surface area contributed by atoms with Crippen molar-refractivity contribution in [2.75, 3.05) is 5.32 Å². The number of hydrogen-bond donors (Lipinski definition) is 2. The minimum Gasteiger partial charge on any atom is -0.353 e. The van der Waals surface area contributed by atoms with Crippen molar-refractivity contribution in [3.8, 4) is 0 Å². The molecule has 2 N–H and O–H groups in total. The molecular formula is C23H19ClF4N4O. The maximum Gasteiger partial charge on any atom is 0.433 e.